The minimum Gasteiger partial charge on any atom is -0.462 e. The van der Waals surface area contributed by atoms with Crippen LogP contribution in [-0.2, 0) is 4.74 Å². The van der Waals surface area contributed by atoms with Crippen molar-refractivity contribution in [2.75, 3.05) is 6.61 Å². The number of aromatic amines is 1. The second-order valence-electron chi connectivity index (χ2n) is 5.76. The zero-order valence-corrected chi connectivity index (χ0v) is 15.3. The standard InChI is InChI=1S/C18H18BrN3O2/c1-4-24-18(23)15-13-9-20-22-17(13)21-16(14(15)10(2)3)11-5-7-12(19)8-6-11/h5-10H,4H2,1-3H3,(H,20,21,22). The number of rotatable bonds is 4. The van der Waals surface area contributed by atoms with Gasteiger partial charge in [-0.05, 0) is 30.5 Å². The number of esters is 1. The molecule has 6 heteroatoms. The van der Waals surface area contributed by atoms with Gasteiger partial charge in [0.2, 0.25) is 0 Å². The highest BCUT2D eigenvalue weighted by molar-refractivity contribution is 9.10. The number of nitrogens with zero attached hydrogens (tertiary/aromatic N) is 2. The van der Waals surface area contributed by atoms with E-state index in [2.05, 4.69) is 26.1 Å². The van der Waals surface area contributed by atoms with Crippen LogP contribution < -0.4 is 0 Å². The van der Waals surface area contributed by atoms with Crippen LogP contribution in [0.5, 0.6) is 0 Å². The van der Waals surface area contributed by atoms with Crippen LogP contribution in [0.3, 0.4) is 0 Å². The van der Waals surface area contributed by atoms with Crippen molar-refractivity contribution in [3.05, 3.63) is 46.1 Å². The first kappa shape index (κ1) is 16.6. The Hall–Kier alpha value is -2.21. The largest absolute Gasteiger partial charge is 0.462 e. The third-order valence-electron chi connectivity index (χ3n) is 3.81. The summed E-state index contributed by atoms with van der Waals surface area (Å²) in [5.41, 5.74) is 3.73. The van der Waals surface area contributed by atoms with Gasteiger partial charge in [-0.15, -0.1) is 0 Å². The Balaban J connectivity index is 2.34. The highest BCUT2D eigenvalue weighted by Gasteiger charge is 2.25. The van der Waals surface area contributed by atoms with Gasteiger partial charge in [0.15, 0.2) is 5.65 Å². The van der Waals surface area contributed by atoms with Gasteiger partial charge in [0, 0.05) is 10.0 Å². The summed E-state index contributed by atoms with van der Waals surface area (Å²) in [6.45, 7) is 6.23. The predicted molar refractivity (Wildman–Crippen MR) is 97.1 cm³/mol. The zero-order chi connectivity index (χ0) is 17.3. The van der Waals surface area contributed by atoms with Gasteiger partial charge in [-0.3, -0.25) is 5.10 Å². The lowest BCUT2D eigenvalue weighted by Crippen LogP contribution is -2.12. The van der Waals surface area contributed by atoms with Crippen molar-refractivity contribution in [2.45, 2.75) is 26.7 Å². The predicted octanol–water partition coefficient (Wildman–Crippen LogP) is 4.69. The summed E-state index contributed by atoms with van der Waals surface area (Å²) in [5.74, 6) is -0.233. The number of nitrogens with one attached hydrogen (secondary N) is 1. The van der Waals surface area contributed by atoms with Crippen molar-refractivity contribution in [1.29, 1.82) is 0 Å². The third kappa shape index (κ3) is 2.94. The molecule has 1 aromatic carbocycles. The van der Waals surface area contributed by atoms with E-state index >= 15 is 0 Å². The van der Waals surface area contributed by atoms with Crippen molar-refractivity contribution in [3.8, 4) is 11.3 Å². The van der Waals surface area contributed by atoms with E-state index < -0.39 is 0 Å². The summed E-state index contributed by atoms with van der Waals surface area (Å²) < 4.78 is 6.28. The Morgan fingerprint density at radius 1 is 1.29 bits per heavy atom. The second kappa shape index (κ2) is 6.73. The Morgan fingerprint density at radius 2 is 2.00 bits per heavy atom. The summed E-state index contributed by atoms with van der Waals surface area (Å²) >= 11 is 3.45. The molecule has 124 valence electrons. The van der Waals surface area contributed by atoms with Gasteiger partial charge in [0.25, 0.3) is 0 Å². The van der Waals surface area contributed by atoms with Crippen LogP contribution in [0, 0.1) is 0 Å². The van der Waals surface area contributed by atoms with Crippen LogP contribution >= 0.6 is 15.9 Å². The Kier molecular flexibility index (Phi) is 4.66. The minimum absolute atomic E-state index is 0.106. The molecular weight excluding hydrogens is 370 g/mol. The molecule has 24 heavy (non-hydrogen) atoms. The molecule has 0 saturated carbocycles. The number of carbonyl (C=O) groups is 1. The number of hydrogen-bond acceptors (Lipinski definition) is 4. The molecule has 0 amide bonds. The average Bonchev–Trinajstić information content (AvgIpc) is 3.02. The molecule has 2 aromatic heterocycles. The highest BCUT2D eigenvalue weighted by Crippen LogP contribution is 2.35. The first-order valence-corrected chi connectivity index (χ1v) is 8.62. The van der Waals surface area contributed by atoms with E-state index in [1.54, 1.807) is 13.1 Å². The SMILES string of the molecule is CCOC(=O)c1c(C(C)C)c(-c2ccc(Br)cc2)nc2[nH]ncc12. The van der Waals surface area contributed by atoms with E-state index in [-0.39, 0.29) is 11.9 Å². The summed E-state index contributed by atoms with van der Waals surface area (Å²) in [7, 11) is 0. The molecule has 0 aliphatic rings. The fraction of sp³-hybridized carbons (Fsp3) is 0.278. The first-order valence-electron chi connectivity index (χ1n) is 7.83. The molecule has 0 radical (unpaired) electrons. The number of fused-ring (bicyclic) bond motifs is 1. The Morgan fingerprint density at radius 3 is 2.62 bits per heavy atom. The lowest BCUT2D eigenvalue weighted by molar-refractivity contribution is 0.0527. The van der Waals surface area contributed by atoms with Crippen LogP contribution in [0.4, 0.5) is 0 Å². The number of carbonyl (C=O) groups excluding carboxylic acids is 1. The van der Waals surface area contributed by atoms with Crippen LogP contribution in [0.15, 0.2) is 34.9 Å². The van der Waals surface area contributed by atoms with E-state index in [1.165, 1.54) is 0 Å². The van der Waals surface area contributed by atoms with E-state index in [0.29, 0.717) is 23.2 Å². The molecule has 0 bridgehead atoms. The molecule has 0 aliphatic carbocycles. The normalized spacial score (nSPS) is 11.2. The van der Waals surface area contributed by atoms with Crippen LogP contribution in [0.2, 0.25) is 0 Å². The van der Waals surface area contributed by atoms with E-state index in [0.717, 1.165) is 21.3 Å². The maximum absolute atomic E-state index is 12.6. The molecule has 5 nitrogen and oxygen atoms in total. The molecule has 3 aromatic rings. The van der Waals surface area contributed by atoms with Gasteiger partial charge >= 0.3 is 5.97 Å². The van der Waals surface area contributed by atoms with Crippen molar-refractivity contribution >= 4 is 32.9 Å². The molecule has 3 rings (SSSR count). The first-order chi connectivity index (χ1) is 11.5. The lowest BCUT2D eigenvalue weighted by Gasteiger charge is -2.17. The van der Waals surface area contributed by atoms with Gasteiger partial charge in [-0.1, -0.05) is 41.9 Å². The molecular formula is C18H18BrN3O2. The second-order valence-corrected chi connectivity index (χ2v) is 6.68. The third-order valence-corrected chi connectivity index (χ3v) is 4.34. The highest BCUT2D eigenvalue weighted by atomic mass is 79.9. The average molecular weight is 388 g/mol. The lowest BCUT2D eigenvalue weighted by atomic mass is 9.91. The molecule has 0 fully saturated rings. The number of H-pyrrole nitrogens is 1. The van der Waals surface area contributed by atoms with Crippen molar-refractivity contribution in [3.63, 3.8) is 0 Å². The summed E-state index contributed by atoms with van der Waals surface area (Å²) in [6.07, 6.45) is 1.63. The molecule has 0 aliphatic heterocycles. The zero-order valence-electron chi connectivity index (χ0n) is 13.8. The molecule has 2 heterocycles. The number of hydrogen-bond donors (Lipinski definition) is 1. The van der Waals surface area contributed by atoms with E-state index in [9.17, 15) is 4.79 Å². The number of ether oxygens (including phenoxy) is 1. The van der Waals surface area contributed by atoms with Gasteiger partial charge in [-0.2, -0.15) is 5.10 Å². The van der Waals surface area contributed by atoms with E-state index in [1.807, 2.05) is 38.1 Å². The maximum atomic E-state index is 12.6. The summed E-state index contributed by atoms with van der Waals surface area (Å²) in [6, 6.07) is 7.88. The number of halogens is 1. The number of pyridine rings is 1. The van der Waals surface area contributed by atoms with Gasteiger partial charge in [-0.25, -0.2) is 9.78 Å². The van der Waals surface area contributed by atoms with Crippen LogP contribution in [0.1, 0.15) is 42.6 Å². The topological polar surface area (TPSA) is 67.9 Å². The molecule has 0 unspecified atom stereocenters. The molecule has 0 saturated heterocycles. The van der Waals surface area contributed by atoms with Gasteiger partial charge in [0.05, 0.1) is 29.4 Å². The van der Waals surface area contributed by atoms with Crippen molar-refractivity contribution in [1.82, 2.24) is 15.2 Å². The fourth-order valence-electron chi connectivity index (χ4n) is 2.80. The van der Waals surface area contributed by atoms with Gasteiger partial charge in [0.1, 0.15) is 0 Å². The van der Waals surface area contributed by atoms with Crippen molar-refractivity contribution < 1.29 is 9.53 Å². The Labute approximate surface area is 148 Å². The summed E-state index contributed by atoms with van der Waals surface area (Å²) in [5, 5.41) is 7.61. The van der Waals surface area contributed by atoms with Crippen LogP contribution in [0.25, 0.3) is 22.3 Å². The summed E-state index contributed by atoms with van der Waals surface area (Å²) in [4.78, 5) is 17.3. The van der Waals surface area contributed by atoms with E-state index in [4.69, 9.17) is 9.72 Å². The Bertz CT molecular complexity index is 885. The monoisotopic (exact) mass is 387 g/mol. The van der Waals surface area contributed by atoms with Gasteiger partial charge < -0.3 is 4.74 Å². The smallest absolute Gasteiger partial charge is 0.339 e. The molecule has 1 N–H and O–H groups in total. The number of benzene rings is 1. The van der Waals surface area contributed by atoms with Crippen LogP contribution in [-0.4, -0.2) is 27.8 Å². The van der Waals surface area contributed by atoms with Crippen molar-refractivity contribution in [2.24, 2.45) is 0 Å². The quantitative estimate of drug-likeness (QED) is 0.659. The maximum Gasteiger partial charge on any atom is 0.339 e. The molecule has 0 spiro atoms. The molecule has 0 atom stereocenters. The minimum atomic E-state index is -0.339. The fourth-order valence-corrected chi connectivity index (χ4v) is 3.06. The number of aromatic nitrogens is 3.